The Hall–Kier alpha value is -0.830. The standard InChI is InChI=1S/C36H70O2.C5H13N/c1-3-5-7-9-11-13-15-17-19-20-22-24-26-28-30-32-34-35(36(37)38)33-31-29-27-25-23-21-18-16-14-12-10-8-6-4-2;1-2-3-4-5-6/h17,19,35H,3-16,18,20-34H2,1-2H3,(H,37,38);2-6H2,1H3/b19-17-;. The first-order valence-corrected chi connectivity index (χ1v) is 20.2. The Morgan fingerprint density at radius 3 is 1.00 bits per heavy atom. The van der Waals surface area contributed by atoms with E-state index in [1.54, 1.807) is 0 Å². The lowest BCUT2D eigenvalue weighted by atomic mass is 9.94. The van der Waals surface area contributed by atoms with Crippen LogP contribution in [0.5, 0.6) is 0 Å². The Morgan fingerprint density at radius 2 is 0.727 bits per heavy atom. The van der Waals surface area contributed by atoms with Gasteiger partial charge in [0, 0.05) is 0 Å². The summed E-state index contributed by atoms with van der Waals surface area (Å²) >= 11 is 0. The zero-order chi connectivity index (χ0) is 32.6. The minimum atomic E-state index is -0.563. The minimum Gasteiger partial charge on any atom is -0.481 e. The van der Waals surface area contributed by atoms with Crippen molar-refractivity contribution in [3.8, 4) is 0 Å². The summed E-state index contributed by atoms with van der Waals surface area (Å²) in [4.78, 5) is 11.6. The van der Waals surface area contributed by atoms with Crippen LogP contribution < -0.4 is 5.73 Å². The Morgan fingerprint density at radius 1 is 0.455 bits per heavy atom. The lowest BCUT2D eigenvalue weighted by Crippen LogP contribution is -2.13. The Labute approximate surface area is 278 Å². The molecule has 0 saturated heterocycles. The Kier molecular flexibility index (Phi) is 43.4. The van der Waals surface area contributed by atoms with Crippen molar-refractivity contribution in [3.05, 3.63) is 12.2 Å². The van der Waals surface area contributed by atoms with Crippen LogP contribution in [0.1, 0.15) is 233 Å². The van der Waals surface area contributed by atoms with Gasteiger partial charge in [0.15, 0.2) is 0 Å². The van der Waals surface area contributed by atoms with Gasteiger partial charge in [0.05, 0.1) is 5.92 Å². The molecule has 3 heteroatoms. The van der Waals surface area contributed by atoms with Crippen LogP contribution in [-0.4, -0.2) is 17.6 Å². The predicted octanol–water partition coefficient (Wildman–Crippen LogP) is 14.1. The van der Waals surface area contributed by atoms with Crippen LogP contribution in [0.3, 0.4) is 0 Å². The number of nitrogens with two attached hydrogens (primary N) is 1. The first-order chi connectivity index (χ1) is 21.6. The SMILES string of the molecule is CCCCCCCC/C=C\CCCCCCCCC(CCCCCCCCCCCCCCCC)C(=O)O.CCCCCN. The number of rotatable bonds is 35. The van der Waals surface area contributed by atoms with E-state index < -0.39 is 5.97 Å². The van der Waals surface area contributed by atoms with Gasteiger partial charge in [0.2, 0.25) is 0 Å². The second-order valence-electron chi connectivity index (χ2n) is 13.6. The van der Waals surface area contributed by atoms with Crippen LogP contribution in [0, 0.1) is 5.92 Å². The van der Waals surface area contributed by atoms with E-state index in [0.717, 1.165) is 32.2 Å². The minimum absolute atomic E-state index is 0.107. The van der Waals surface area contributed by atoms with E-state index in [4.69, 9.17) is 5.73 Å². The second-order valence-corrected chi connectivity index (χ2v) is 13.6. The monoisotopic (exact) mass is 622 g/mol. The number of hydrogen-bond donors (Lipinski definition) is 2. The Bertz CT molecular complexity index is 543. The summed E-state index contributed by atoms with van der Waals surface area (Å²) in [5.74, 6) is -0.670. The summed E-state index contributed by atoms with van der Waals surface area (Å²) in [6.07, 6.45) is 47.6. The van der Waals surface area contributed by atoms with Crippen molar-refractivity contribution >= 4 is 5.97 Å². The number of carboxylic acid groups (broad SMARTS) is 1. The fourth-order valence-electron chi connectivity index (χ4n) is 6.01. The third kappa shape index (κ3) is 41.2. The number of unbranched alkanes of at least 4 members (excludes halogenated alkanes) is 27. The maximum atomic E-state index is 11.6. The molecule has 44 heavy (non-hydrogen) atoms. The van der Waals surface area contributed by atoms with E-state index in [1.165, 1.54) is 186 Å². The van der Waals surface area contributed by atoms with E-state index in [0.29, 0.717) is 0 Å². The smallest absolute Gasteiger partial charge is 0.306 e. The van der Waals surface area contributed by atoms with Crippen LogP contribution in [0.4, 0.5) is 0 Å². The van der Waals surface area contributed by atoms with E-state index in [-0.39, 0.29) is 5.92 Å². The van der Waals surface area contributed by atoms with E-state index in [2.05, 4.69) is 32.9 Å². The lowest BCUT2D eigenvalue weighted by Gasteiger charge is -2.12. The molecular weight excluding hydrogens is 538 g/mol. The average molecular weight is 622 g/mol. The topological polar surface area (TPSA) is 63.3 Å². The molecule has 0 rings (SSSR count). The van der Waals surface area contributed by atoms with Gasteiger partial charge in [-0.2, -0.15) is 0 Å². The van der Waals surface area contributed by atoms with Gasteiger partial charge in [-0.1, -0.05) is 200 Å². The molecule has 3 N–H and O–H groups in total. The van der Waals surface area contributed by atoms with Gasteiger partial charge in [0.25, 0.3) is 0 Å². The van der Waals surface area contributed by atoms with Gasteiger partial charge >= 0.3 is 5.97 Å². The molecule has 0 radical (unpaired) electrons. The zero-order valence-corrected chi connectivity index (χ0v) is 30.7. The highest BCUT2D eigenvalue weighted by Gasteiger charge is 2.16. The molecule has 0 fully saturated rings. The lowest BCUT2D eigenvalue weighted by molar-refractivity contribution is -0.142. The van der Waals surface area contributed by atoms with Gasteiger partial charge in [0.1, 0.15) is 0 Å². The van der Waals surface area contributed by atoms with Gasteiger partial charge in [-0.05, 0) is 51.5 Å². The Balaban J connectivity index is 0. The van der Waals surface area contributed by atoms with Crippen molar-refractivity contribution in [1.29, 1.82) is 0 Å². The number of aliphatic carboxylic acids is 1. The van der Waals surface area contributed by atoms with Gasteiger partial charge in [-0.3, -0.25) is 4.79 Å². The largest absolute Gasteiger partial charge is 0.481 e. The highest BCUT2D eigenvalue weighted by atomic mass is 16.4. The van der Waals surface area contributed by atoms with E-state index in [1.807, 2.05) is 0 Å². The summed E-state index contributed by atoms with van der Waals surface area (Å²) in [6, 6.07) is 0. The van der Waals surface area contributed by atoms with Crippen LogP contribution >= 0.6 is 0 Å². The van der Waals surface area contributed by atoms with E-state index >= 15 is 0 Å². The molecule has 0 aliphatic carbocycles. The molecule has 0 aromatic rings. The second kappa shape index (κ2) is 42.2. The van der Waals surface area contributed by atoms with Gasteiger partial charge in [-0.25, -0.2) is 0 Å². The molecule has 0 saturated carbocycles. The number of carbonyl (C=O) groups is 1. The highest BCUT2D eigenvalue weighted by Crippen LogP contribution is 2.20. The fraction of sp³-hybridized carbons (Fsp3) is 0.927. The van der Waals surface area contributed by atoms with Crippen molar-refractivity contribution in [2.45, 2.75) is 233 Å². The summed E-state index contributed by atoms with van der Waals surface area (Å²) < 4.78 is 0. The summed E-state index contributed by atoms with van der Waals surface area (Å²) in [7, 11) is 0. The highest BCUT2D eigenvalue weighted by molar-refractivity contribution is 5.69. The molecule has 264 valence electrons. The van der Waals surface area contributed by atoms with Gasteiger partial charge in [-0.15, -0.1) is 0 Å². The zero-order valence-electron chi connectivity index (χ0n) is 30.7. The molecule has 0 spiro atoms. The first kappa shape index (κ1) is 45.3. The molecule has 3 nitrogen and oxygen atoms in total. The molecule has 0 aliphatic heterocycles. The molecule has 0 aliphatic rings. The molecular formula is C41H83NO2. The van der Waals surface area contributed by atoms with Crippen LogP contribution in [0.15, 0.2) is 12.2 Å². The molecule has 0 amide bonds. The molecule has 0 aromatic heterocycles. The summed E-state index contributed by atoms with van der Waals surface area (Å²) in [5, 5.41) is 9.60. The van der Waals surface area contributed by atoms with Crippen molar-refractivity contribution in [2.24, 2.45) is 11.7 Å². The third-order valence-electron chi connectivity index (χ3n) is 9.13. The van der Waals surface area contributed by atoms with Crippen LogP contribution in [0.25, 0.3) is 0 Å². The van der Waals surface area contributed by atoms with Crippen molar-refractivity contribution in [2.75, 3.05) is 6.54 Å². The molecule has 0 heterocycles. The first-order valence-electron chi connectivity index (χ1n) is 20.2. The van der Waals surface area contributed by atoms with Crippen molar-refractivity contribution < 1.29 is 9.90 Å². The third-order valence-corrected chi connectivity index (χ3v) is 9.13. The predicted molar refractivity (Wildman–Crippen MR) is 199 cm³/mol. The molecule has 1 atom stereocenters. The van der Waals surface area contributed by atoms with Gasteiger partial charge < -0.3 is 10.8 Å². The normalized spacial score (nSPS) is 12.0. The number of carboxylic acids is 1. The van der Waals surface area contributed by atoms with E-state index in [9.17, 15) is 9.90 Å². The number of hydrogen-bond acceptors (Lipinski definition) is 2. The van der Waals surface area contributed by atoms with Crippen LogP contribution in [0.2, 0.25) is 0 Å². The maximum Gasteiger partial charge on any atom is 0.306 e. The maximum absolute atomic E-state index is 11.6. The van der Waals surface area contributed by atoms with Crippen LogP contribution in [-0.2, 0) is 4.79 Å². The summed E-state index contributed by atoms with van der Waals surface area (Å²) in [6.45, 7) is 7.59. The van der Waals surface area contributed by atoms with Crippen molar-refractivity contribution in [3.63, 3.8) is 0 Å². The average Bonchev–Trinajstić information content (AvgIpc) is 3.02. The quantitative estimate of drug-likeness (QED) is 0.0546. The molecule has 1 unspecified atom stereocenters. The number of allylic oxidation sites excluding steroid dienone is 2. The fourth-order valence-corrected chi connectivity index (χ4v) is 6.01. The summed E-state index contributed by atoms with van der Waals surface area (Å²) in [5.41, 5.74) is 5.21. The van der Waals surface area contributed by atoms with Crippen molar-refractivity contribution in [1.82, 2.24) is 0 Å². The molecule has 0 aromatic carbocycles. The molecule has 0 bridgehead atoms.